The monoisotopic (exact) mass is 359 g/mol. The van der Waals surface area contributed by atoms with E-state index in [0.717, 1.165) is 16.9 Å². The summed E-state index contributed by atoms with van der Waals surface area (Å²) in [6.07, 6.45) is 5.61. The van der Waals surface area contributed by atoms with Gasteiger partial charge < -0.3 is 9.73 Å². The Bertz CT molecular complexity index is 865. The molecule has 2 aromatic carbocycles. The van der Waals surface area contributed by atoms with Gasteiger partial charge in [0.1, 0.15) is 5.76 Å². The highest BCUT2D eigenvalue weighted by Crippen LogP contribution is 2.27. The van der Waals surface area contributed by atoms with Crippen LogP contribution in [-0.4, -0.2) is 5.91 Å². The first-order chi connectivity index (χ1) is 13.1. The molecule has 0 aliphatic heterocycles. The minimum atomic E-state index is -0.263. The van der Waals surface area contributed by atoms with Gasteiger partial charge in [0, 0.05) is 6.54 Å². The van der Waals surface area contributed by atoms with Gasteiger partial charge in [0.05, 0.1) is 12.2 Å². The Hall–Kier alpha value is -3.07. The molecule has 0 saturated heterocycles. The van der Waals surface area contributed by atoms with Crippen molar-refractivity contribution in [2.24, 2.45) is 5.92 Å². The van der Waals surface area contributed by atoms with Crippen LogP contribution in [0.1, 0.15) is 35.3 Å². The van der Waals surface area contributed by atoms with Crippen molar-refractivity contribution in [1.82, 2.24) is 5.32 Å². The fourth-order valence-corrected chi connectivity index (χ4v) is 3.11. The van der Waals surface area contributed by atoms with E-state index >= 15 is 0 Å². The lowest BCUT2D eigenvalue weighted by atomic mass is 9.85. The molecule has 0 aliphatic rings. The van der Waals surface area contributed by atoms with Crippen LogP contribution in [0, 0.1) is 12.8 Å². The van der Waals surface area contributed by atoms with Crippen molar-refractivity contribution >= 4 is 12.0 Å². The highest BCUT2D eigenvalue weighted by atomic mass is 16.3. The molecule has 0 radical (unpaired) electrons. The molecule has 3 rings (SSSR count). The number of benzene rings is 2. The molecular formula is C24H25NO2. The average molecular weight is 359 g/mol. The summed E-state index contributed by atoms with van der Waals surface area (Å²) in [6, 6.07) is 21.9. The lowest BCUT2D eigenvalue weighted by Crippen LogP contribution is -2.32. The summed E-state index contributed by atoms with van der Waals surface area (Å²) in [5.74, 6) is 0.572. The molecule has 1 heterocycles. The zero-order chi connectivity index (χ0) is 19.1. The second-order valence-corrected chi connectivity index (χ2v) is 6.83. The number of aryl methyl sites for hydroxylation is 1. The molecule has 2 atom stereocenters. The summed E-state index contributed by atoms with van der Waals surface area (Å²) >= 11 is 0. The number of hydrogen-bond acceptors (Lipinski definition) is 2. The highest BCUT2D eigenvalue weighted by Gasteiger charge is 2.25. The third-order valence-corrected chi connectivity index (χ3v) is 4.66. The molecule has 27 heavy (non-hydrogen) atoms. The average Bonchev–Trinajstić information content (AvgIpc) is 3.21. The zero-order valence-corrected chi connectivity index (χ0v) is 15.8. The Morgan fingerprint density at radius 2 is 1.78 bits per heavy atom. The van der Waals surface area contributed by atoms with Crippen molar-refractivity contribution in [3.05, 3.63) is 102 Å². The number of rotatable bonds is 7. The maximum atomic E-state index is 13.0. The maximum Gasteiger partial charge on any atom is 0.228 e. The van der Waals surface area contributed by atoms with Crippen LogP contribution >= 0.6 is 0 Å². The molecule has 0 unspecified atom stereocenters. The van der Waals surface area contributed by atoms with Crippen LogP contribution in [0.2, 0.25) is 0 Å². The smallest absolute Gasteiger partial charge is 0.228 e. The number of carbonyl (C=O) groups excluding carboxylic acids is 1. The standard InChI is InChI=1S/C24H25NO2/c1-18-10-13-21(14-11-18)23(19(2)12-15-22-9-6-16-27-22)24(26)25-17-20-7-4-3-5-8-20/h3-16,19,23H,17H2,1-2H3,(H,25,26)/b15-12+/t19-,23+/m1/s1. The fourth-order valence-electron chi connectivity index (χ4n) is 3.11. The van der Waals surface area contributed by atoms with E-state index in [1.807, 2.05) is 66.7 Å². The summed E-state index contributed by atoms with van der Waals surface area (Å²) in [6.45, 7) is 4.64. The third-order valence-electron chi connectivity index (χ3n) is 4.66. The Labute approximate surface area is 160 Å². The van der Waals surface area contributed by atoms with Gasteiger partial charge in [-0.15, -0.1) is 0 Å². The molecule has 1 aromatic heterocycles. The molecule has 3 heteroatoms. The Morgan fingerprint density at radius 1 is 1.04 bits per heavy atom. The van der Waals surface area contributed by atoms with Gasteiger partial charge in [0.25, 0.3) is 0 Å². The number of furan rings is 1. The fraction of sp³-hybridized carbons (Fsp3) is 0.208. The predicted octanol–water partition coefficient (Wildman–Crippen LogP) is 5.34. The summed E-state index contributed by atoms with van der Waals surface area (Å²) in [7, 11) is 0. The minimum absolute atomic E-state index is 0.0218. The summed E-state index contributed by atoms with van der Waals surface area (Å²) in [4.78, 5) is 13.0. The van der Waals surface area contributed by atoms with Crippen LogP contribution < -0.4 is 5.32 Å². The SMILES string of the molecule is Cc1ccc([C@@H](C(=O)NCc2ccccc2)[C@H](C)/C=C/c2ccco2)cc1. The lowest BCUT2D eigenvalue weighted by molar-refractivity contribution is -0.123. The van der Waals surface area contributed by atoms with Crippen molar-refractivity contribution in [2.75, 3.05) is 0 Å². The van der Waals surface area contributed by atoms with Gasteiger partial charge in [-0.1, -0.05) is 73.2 Å². The van der Waals surface area contributed by atoms with Gasteiger partial charge in [0.2, 0.25) is 5.91 Å². The molecule has 1 N–H and O–H groups in total. The van der Waals surface area contributed by atoms with E-state index in [1.54, 1.807) is 6.26 Å². The van der Waals surface area contributed by atoms with E-state index in [2.05, 4.69) is 31.3 Å². The van der Waals surface area contributed by atoms with Crippen molar-refractivity contribution in [2.45, 2.75) is 26.3 Å². The van der Waals surface area contributed by atoms with Crippen molar-refractivity contribution in [3.8, 4) is 0 Å². The highest BCUT2D eigenvalue weighted by molar-refractivity contribution is 5.84. The minimum Gasteiger partial charge on any atom is -0.465 e. The van der Waals surface area contributed by atoms with Crippen molar-refractivity contribution in [1.29, 1.82) is 0 Å². The quantitative estimate of drug-likeness (QED) is 0.619. The number of nitrogens with one attached hydrogen (secondary N) is 1. The van der Waals surface area contributed by atoms with Crippen molar-refractivity contribution < 1.29 is 9.21 Å². The topological polar surface area (TPSA) is 42.2 Å². The molecule has 0 spiro atoms. The van der Waals surface area contributed by atoms with Crippen LogP contribution in [0.5, 0.6) is 0 Å². The van der Waals surface area contributed by atoms with Gasteiger partial charge >= 0.3 is 0 Å². The Morgan fingerprint density at radius 3 is 2.44 bits per heavy atom. The molecule has 0 saturated carbocycles. The van der Waals surface area contributed by atoms with Gasteiger partial charge in [-0.25, -0.2) is 0 Å². The van der Waals surface area contributed by atoms with E-state index in [1.165, 1.54) is 5.56 Å². The van der Waals surface area contributed by atoms with E-state index in [0.29, 0.717) is 6.54 Å². The van der Waals surface area contributed by atoms with Gasteiger partial charge in [-0.05, 0) is 42.2 Å². The maximum absolute atomic E-state index is 13.0. The van der Waals surface area contributed by atoms with Gasteiger partial charge in [0.15, 0.2) is 0 Å². The van der Waals surface area contributed by atoms with E-state index in [4.69, 9.17) is 4.42 Å². The molecule has 3 nitrogen and oxygen atoms in total. The summed E-state index contributed by atoms with van der Waals surface area (Å²) < 4.78 is 5.36. The second-order valence-electron chi connectivity index (χ2n) is 6.83. The summed E-state index contributed by atoms with van der Waals surface area (Å²) in [5, 5.41) is 3.09. The second kappa shape index (κ2) is 9.04. The van der Waals surface area contributed by atoms with E-state index in [9.17, 15) is 4.79 Å². The molecule has 0 bridgehead atoms. The van der Waals surface area contributed by atoms with Crippen LogP contribution in [0.25, 0.3) is 6.08 Å². The molecule has 0 aliphatic carbocycles. The lowest BCUT2D eigenvalue weighted by Gasteiger charge is -2.22. The first-order valence-corrected chi connectivity index (χ1v) is 9.23. The Balaban J connectivity index is 1.78. The van der Waals surface area contributed by atoms with Crippen LogP contribution in [0.4, 0.5) is 0 Å². The molecule has 1 amide bonds. The first kappa shape index (κ1) is 18.7. The van der Waals surface area contributed by atoms with Crippen molar-refractivity contribution in [3.63, 3.8) is 0 Å². The largest absolute Gasteiger partial charge is 0.465 e. The first-order valence-electron chi connectivity index (χ1n) is 9.23. The van der Waals surface area contributed by atoms with E-state index < -0.39 is 0 Å². The molecular weight excluding hydrogens is 334 g/mol. The van der Waals surface area contributed by atoms with Crippen LogP contribution in [0.3, 0.4) is 0 Å². The zero-order valence-electron chi connectivity index (χ0n) is 15.8. The van der Waals surface area contributed by atoms with Crippen LogP contribution in [0.15, 0.2) is 83.5 Å². The van der Waals surface area contributed by atoms with E-state index in [-0.39, 0.29) is 17.7 Å². The van der Waals surface area contributed by atoms with Gasteiger partial charge in [-0.3, -0.25) is 4.79 Å². The number of hydrogen-bond donors (Lipinski definition) is 1. The number of allylic oxidation sites excluding steroid dienone is 1. The van der Waals surface area contributed by atoms with Gasteiger partial charge in [-0.2, -0.15) is 0 Å². The number of amides is 1. The predicted molar refractivity (Wildman–Crippen MR) is 109 cm³/mol. The Kier molecular flexibility index (Phi) is 6.26. The molecule has 3 aromatic rings. The summed E-state index contributed by atoms with van der Waals surface area (Å²) in [5.41, 5.74) is 3.29. The van der Waals surface area contributed by atoms with Crippen LogP contribution in [-0.2, 0) is 11.3 Å². The molecule has 138 valence electrons. The molecule has 0 fully saturated rings. The normalized spacial score (nSPS) is 13.4. The number of carbonyl (C=O) groups is 1. The third kappa shape index (κ3) is 5.20.